The highest BCUT2D eigenvalue weighted by Crippen LogP contribution is 2.10. The Kier molecular flexibility index (Phi) is 10.1. The van der Waals surface area contributed by atoms with Crippen molar-refractivity contribution in [2.24, 2.45) is 0 Å². The molecule has 2 aromatic rings. The second-order valence-electron chi connectivity index (χ2n) is 6.22. The van der Waals surface area contributed by atoms with Gasteiger partial charge in [0.1, 0.15) is 0 Å². The van der Waals surface area contributed by atoms with Gasteiger partial charge >= 0.3 is 0 Å². The van der Waals surface area contributed by atoms with Crippen LogP contribution < -0.4 is 5.32 Å². The van der Waals surface area contributed by atoms with Crippen LogP contribution in [0.3, 0.4) is 0 Å². The van der Waals surface area contributed by atoms with E-state index in [1.165, 1.54) is 5.56 Å². The van der Waals surface area contributed by atoms with E-state index in [0.29, 0.717) is 6.54 Å². The molecule has 1 heterocycles. The molecule has 2 aromatic carbocycles. The van der Waals surface area contributed by atoms with Gasteiger partial charge in [0.05, 0.1) is 6.54 Å². The van der Waals surface area contributed by atoms with E-state index in [9.17, 15) is 4.79 Å². The minimum Gasteiger partial charge on any atom is -0.376 e. The third kappa shape index (κ3) is 6.87. The minimum absolute atomic E-state index is 0. The molecule has 0 aliphatic carbocycles. The Bertz CT molecular complexity index is 640. The summed E-state index contributed by atoms with van der Waals surface area (Å²) in [5.41, 5.74) is 2.33. The maximum absolute atomic E-state index is 12.4. The zero-order valence-electron chi connectivity index (χ0n) is 14.8. The van der Waals surface area contributed by atoms with Crippen LogP contribution in [-0.4, -0.2) is 48.4 Å². The zero-order valence-corrected chi connectivity index (χ0v) is 16.5. The molecule has 26 heavy (non-hydrogen) atoms. The van der Waals surface area contributed by atoms with Crippen LogP contribution in [0.2, 0.25) is 0 Å². The lowest BCUT2D eigenvalue weighted by atomic mass is 10.2. The Labute approximate surface area is 168 Å². The normalized spacial score (nSPS) is 14.5. The molecule has 142 valence electrons. The second-order valence-corrected chi connectivity index (χ2v) is 6.22. The van der Waals surface area contributed by atoms with Crippen LogP contribution in [0.1, 0.15) is 12.0 Å². The van der Waals surface area contributed by atoms with Gasteiger partial charge in [-0.2, -0.15) is 0 Å². The van der Waals surface area contributed by atoms with Crippen molar-refractivity contribution in [2.75, 3.05) is 38.0 Å². The highest BCUT2D eigenvalue weighted by Gasteiger charge is 2.18. The molecule has 1 saturated heterocycles. The molecule has 0 bridgehead atoms. The summed E-state index contributed by atoms with van der Waals surface area (Å²) >= 11 is 0. The van der Waals surface area contributed by atoms with Gasteiger partial charge in [-0.1, -0.05) is 48.5 Å². The van der Waals surface area contributed by atoms with E-state index in [0.717, 1.165) is 44.8 Å². The topological polar surface area (TPSA) is 35.6 Å². The SMILES string of the molecule is Cl.Cl.O=C(CNc1ccccc1)N1CCCN(Cc2ccccc2)CC1. The van der Waals surface area contributed by atoms with E-state index in [1.54, 1.807) is 0 Å². The molecular formula is C20H27Cl2N3O. The first-order valence-corrected chi connectivity index (χ1v) is 8.64. The van der Waals surface area contributed by atoms with Crippen molar-refractivity contribution in [2.45, 2.75) is 13.0 Å². The van der Waals surface area contributed by atoms with Crippen LogP contribution in [-0.2, 0) is 11.3 Å². The van der Waals surface area contributed by atoms with Gasteiger partial charge in [0.25, 0.3) is 0 Å². The molecule has 1 aliphatic rings. The summed E-state index contributed by atoms with van der Waals surface area (Å²) in [4.78, 5) is 16.9. The van der Waals surface area contributed by atoms with Gasteiger partial charge in [-0.3, -0.25) is 9.69 Å². The van der Waals surface area contributed by atoms with E-state index in [-0.39, 0.29) is 30.7 Å². The number of nitrogens with zero attached hydrogens (tertiary/aromatic N) is 2. The Hall–Kier alpha value is -1.75. The summed E-state index contributed by atoms with van der Waals surface area (Å²) in [7, 11) is 0. The number of carbonyl (C=O) groups excluding carboxylic acids is 1. The lowest BCUT2D eigenvalue weighted by Gasteiger charge is -2.22. The number of amides is 1. The van der Waals surface area contributed by atoms with Crippen LogP contribution in [0.25, 0.3) is 0 Å². The molecule has 1 fully saturated rings. The maximum atomic E-state index is 12.4. The molecule has 1 aliphatic heterocycles. The molecule has 0 saturated carbocycles. The van der Waals surface area contributed by atoms with Gasteiger partial charge in [-0.15, -0.1) is 24.8 Å². The van der Waals surface area contributed by atoms with Gasteiger partial charge in [0, 0.05) is 38.4 Å². The van der Waals surface area contributed by atoms with E-state index in [4.69, 9.17) is 0 Å². The van der Waals surface area contributed by atoms with Crippen molar-refractivity contribution in [1.29, 1.82) is 0 Å². The summed E-state index contributed by atoms with van der Waals surface area (Å²) < 4.78 is 0. The van der Waals surface area contributed by atoms with E-state index >= 15 is 0 Å². The summed E-state index contributed by atoms with van der Waals surface area (Å²) in [5.74, 6) is 0.181. The Morgan fingerprint density at radius 2 is 1.50 bits per heavy atom. The molecule has 1 amide bonds. The molecule has 4 nitrogen and oxygen atoms in total. The number of nitrogens with one attached hydrogen (secondary N) is 1. The molecule has 0 spiro atoms. The molecule has 3 rings (SSSR count). The van der Waals surface area contributed by atoms with Crippen LogP contribution >= 0.6 is 24.8 Å². The molecule has 0 unspecified atom stereocenters. The fraction of sp³-hybridized carbons (Fsp3) is 0.350. The number of hydrogen-bond donors (Lipinski definition) is 1. The first-order valence-electron chi connectivity index (χ1n) is 8.64. The number of para-hydroxylation sites is 1. The summed E-state index contributed by atoms with van der Waals surface area (Å²) in [6.07, 6.45) is 1.03. The summed E-state index contributed by atoms with van der Waals surface area (Å²) in [5, 5.41) is 3.21. The standard InChI is InChI=1S/C20H25N3O.2ClH/c24-20(16-21-19-10-5-2-6-11-19)23-13-7-12-22(14-15-23)17-18-8-3-1-4-9-18;;/h1-6,8-11,21H,7,12-17H2;2*1H. The van der Waals surface area contributed by atoms with Gasteiger partial charge < -0.3 is 10.2 Å². The second kappa shape index (κ2) is 11.8. The van der Waals surface area contributed by atoms with Gasteiger partial charge in [-0.25, -0.2) is 0 Å². The Morgan fingerprint density at radius 1 is 0.846 bits per heavy atom. The van der Waals surface area contributed by atoms with Crippen molar-refractivity contribution in [3.8, 4) is 0 Å². The lowest BCUT2D eigenvalue weighted by molar-refractivity contribution is -0.129. The third-order valence-corrected chi connectivity index (χ3v) is 4.41. The number of anilines is 1. The van der Waals surface area contributed by atoms with Crippen molar-refractivity contribution in [3.63, 3.8) is 0 Å². The van der Waals surface area contributed by atoms with Crippen molar-refractivity contribution < 1.29 is 4.79 Å². The van der Waals surface area contributed by atoms with Crippen LogP contribution in [0, 0.1) is 0 Å². The first kappa shape index (κ1) is 22.3. The monoisotopic (exact) mass is 395 g/mol. The number of carbonyl (C=O) groups is 1. The summed E-state index contributed by atoms with van der Waals surface area (Å²) in [6.45, 7) is 4.97. The Balaban J connectivity index is 0.00000169. The van der Waals surface area contributed by atoms with Crippen molar-refractivity contribution in [1.82, 2.24) is 9.80 Å². The predicted molar refractivity (Wildman–Crippen MR) is 112 cm³/mol. The number of benzene rings is 2. The quantitative estimate of drug-likeness (QED) is 0.838. The minimum atomic E-state index is 0. The smallest absolute Gasteiger partial charge is 0.241 e. The highest BCUT2D eigenvalue weighted by atomic mass is 35.5. The molecule has 6 heteroatoms. The maximum Gasteiger partial charge on any atom is 0.241 e. The fourth-order valence-electron chi connectivity index (χ4n) is 3.07. The molecular weight excluding hydrogens is 369 g/mol. The zero-order chi connectivity index (χ0) is 16.6. The van der Waals surface area contributed by atoms with Gasteiger partial charge in [0.2, 0.25) is 5.91 Å². The van der Waals surface area contributed by atoms with Crippen molar-refractivity contribution >= 4 is 36.4 Å². The van der Waals surface area contributed by atoms with Crippen LogP contribution in [0.15, 0.2) is 60.7 Å². The third-order valence-electron chi connectivity index (χ3n) is 4.41. The Morgan fingerprint density at radius 3 is 2.19 bits per heavy atom. The number of halogens is 2. The average molecular weight is 396 g/mol. The lowest BCUT2D eigenvalue weighted by Crippen LogP contribution is -2.38. The van der Waals surface area contributed by atoms with Crippen molar-refractivity contribution in [3.05, 3.63) is 66.2 Å². The largest absolute Gasteiger partial charge is 0.376 e. The van der Waals surface area contributed by atoms with E-state index in [1.807, 2.05) is 41.3 Å². The molecule has 0 radical (unpaired) electrons. The van der Waals surface area contributed by atoms with Gasteiger partial charge in [0.15, 0.2) is 0 Å². The van der Waals surface area contributed by atoms with Crippen LogP contribution in [0.4, 0.5) is 5.69 Å². The summed E-state index contributed by atoms with van der Waals surface area (Å²) in [6, 6.07) is 20.4. The number of rotatable bonds is 5. The van der Waals surface area contributed by atoms with Crippen LogP contribution in [0.5, 0.6) is 0 Å². The molecule has 1 N–H and O–H groups in total. The van der Waals surface area contributed by atoms with E-state index < -0.39 is 0 Å². The fourth-order valence-corrected chi connectivity index (χ4v) is 3.07. The first-order chi connectivity index (χ1) is 11.8. The number of hydrogen-bond acceptors (Lipinski definition) is 3. The molecule has 0 aromatic heterocycles. The highest BCUT2D eigenvalue weighted by molar-refractivity contribution is 5.85. The average Bonchev–Trinajstić information content (AvgIpc) is 2.87. The molecule has 0 atom stereocenters. The van der Waals surface area contributed by atoms with E-state index in [2.05, 4.69) is 34.5 Å². The van der Waals surface area contributed by atoms with Gasteiger partial charge in [-0.05, 0) is 24.1 Å². The predicted octanol–water partition coefficient (Wildman–Crippen LogP) is 3.68.